The molecule has 0 bridgehead atoms. The van der Waals surface area contributed by atoms with Crippen molar-refractivity contribution in [2.75, 3.05) is 31.1 Å². The summed E-state index contributed by atoms with van der Waals surface area (Å²) in [7, 11) is 0. The second-order valence-corrected chi connectivity index (χ2v) is 7.65. The van der Waals surface area contributed by atoms with E-state index in [0.717, 1.165) is 30.5 Å². The zero-order valence-electron chi connectivity index (χ0n) is 17.3. The first kappa shape index (κ1) is 21.4. The molecule has 0 amide bonds. The number of rotatable bonds is 7. The molecule has 3 heterocycles. The molecule has 7 nitrogen and oxygen atoms in total. The second-order valence-electron chi connectivity index (χ2n) is 7.65. The average Bonchev–Trinajstić information content (AvgIpc) is 3.44. The highest BCUT2D eigenvalue weighted by atomic mass is 19.4. The molecule has 0 aliphatic carbocycles. The minimum Gasteiger partial charge on any atom is -0.467 e. The first-order valence-corrected chi connectivity index (χ1v) is 10.4. The minimum atomic E-state index is -4.34. The minimum absolute atomic E-state index is 0.0404. The topological polar surface area (TPSA) is 63.2 Å². The van der Waals surface area contributed by atoms with E-state index in [-0.39, 0.29) is 6.04 Å². The Hall–Kier alpha value is -2.88. The van der Waals surface area contributed by atoms with E-state index < -0.39 is 11.7 Å². The van der Waals surface area contributed by atoms with E-state index in [1.807, 2.05) is 17.0 Å². The molecule has 166 valence electrons. The summed E-state index contributed by atoms with van der Waals surface area (Å²) in [6.45, 7) is 5.29. The molecule has 3 aromatic rings. The lowest BCUT2D eigenvalue weighted by Crippen LogP contribution is -2.48. The van der Waals surface area contributed by atoms with Crippen LogP contribution in [0, 0.1) is 0 Å². The molecule has 0 unspecified atom stereocenters. The predicted octanol–water partition coefficient (Wildman–Crippen LogP) is 4.00. The van der Waals surface area contributed by atoms with Gasteiger partial charge in [0, 0.05) is 31.9 Å². The quantitative estimate of drug-likeness (QED) is 0.560. The van der Waals surface area contributed by atoms with Gasteiger partial charge in [0.25, 0.3) is 0 Å². The van der Waals surface area contributed by atoms with Crippen LogP contribution in [0.3, 0.4) is 0 Å². The van der Waals surface area contributed by atoms with Crippen molar-refractivity contribution in [2.24, 2.45) is 0 Å². The third-order valence-electron chi connectivity index (χ3n) is 5.60. The van der Waals surface area contributed by atoms with E-state index in [1.165, 1.54) is 12.1 Å². The number of hydrogen-bond acceptors (Lipinski definition) is 6. The van der Waals surface area contributed by atoms with Crippen molar-refractivity contribution in [1.29, 1.82) is 0 Å². The molecule has 31 heavy (non-hydrogen) atoms. The Morgan fingerprint density at radius 2 is 1.90 bits per heavy atom. The van der Waals surface area contributed by atoms with Gasteiger partial charge >= 0.3 is 6.18 Å². The van der Waals surface area contributed by atoms with Gasteiger partial charge < -0.3 is 9.32 Å². The monoisotopic (exact) mass is 434 g/mol. The zero-order chi connectivity index (χ0) is 21.8. The predicted molar refractivity (Wildman–Crippen MR) is 109 cm³/mol. The van der Waals surface area contributed by atoms with Gasteiger partial charge in [-0.15, -0.1) is 5.10 Å². The van der Waals surface area contributed by atoms with Crippen LogP contribution in [0.2, 0.25) is 0 Å². The third-order valence-corrected chi connectivity index (χ3v) is 5.60. The molecule has 0 radical (unpaired) electrons. The van der Waals surface area contributed by atoms with Crippen LogP contribution in [0.15, 0.2) is 47.1 Å². The summed E-state index contributed by atoms with van der Waals surface area (Å²) in [5.74, 6) is 1.56. The van der Waals surface area contributed by atoms with Crippen molar-refractivity contribution in [3.8, 4) is 0 Å². The molecule has 1 atom stereocenters. The first-order valence-electron chi connectivity index (χ1n) is 10.4. The van der Waals surface area contributed by atoms with Crippen LogP contribution in [-0.4, -0.2) is 51.3 Å². The first-order chi connectivity index (χ1) is 15.0. The summed E-state index contributed by atoms with van der Waals surface area (Å²) in [4.78, 5) is 4.32. The summed E-state index contributed by atoms with van der Waals surface area (Å²) in [5.41, 5.74) is -0.0161. The van der Waals surface area contributed by atoms with Gasteiger partial charge in [0.05, 0.1) is 17.9 Å². The van der Waals surface area contributed by atoms with Gasteiger partial charge in [-0.05, 0) is 47.2 Å². The van der Waals surface area contributed by atoms with Crippen LogP contribution in [0.1, 0.15) is 43.0 Å². The number of anilines is 1. The highest BCUT2D eigenvalue weighted by molar-refractivity contribution is 5.49. The smallest absolute Gasteiger partial charge is 0.416 e. The molecular formula is C21H25F3N6O. The van der Waals surface area contributed by atoms with Crippen molar-refractivity contribution >= 4 is 5.69 Å². The van der Waals surface area contributed by atoms with E-state index in [2.05, 4.69) is 27.3 Å². The summed E-state index contributed by atoms with van der Waals surface area (Å²) in [6.07, 6.45) is -0.862. The van der Waals surface area contributed by atoms with E-state index in [0.29, 0.717) is 38.4 Å². The Bertz CT molecular complexity index is 964. The van der Waals surface area contributed by atoms with Crippen molar-refractivity contribution in [1.82, 2.24) is 25.1 Å². The standard InChI is InChI=1S/C21H25F3N6O/c1-2-5-19(20-25-26-27-30(20)15-18-8-4-13-31-18)29-11-9-28(10-12-29)17-7-3-6-16(14-17)21(22,23)24/h3-4,6-8,13-14,19H,2,5,9-12,15H2,1H3/t19-/m1/s1. The van der Waals surface area contributed by atoms with E-state index >= 15 is 0 Å². The molecule has 1 aliphatic heterocycles. The van der Waals surface area contributed by atoms with Crippen LogP contribution in [0.4, 0.5) is 18.9 Å². The Morgan fingerprint density at radius 3 is 2.58 bits per heavy atom. The Kier molecular flexibility index (Phi) is 6.26. The van der Waals surface area contributed by atoms with Gasteiger partial charge in [0.1, 0.15) is 12.3 Å². The van der Waals surface area contributed by atoms with Crippen LogP contribution in [0.5, 0.6) is 0 Å². The molecular weight excluding hydrogens is 409 g/mol. The van der Waals surface area contributed by atoms with Gasteiger partial charge in [-0.2, -0.15) is 13.2 Å². The number of piperazine rings is 1. The number of halogens is 3. The fraction of sp³-hybridized carbons (Fsp3) is 0.476. The maximum Gasteiger partial charge on any atom is 0.416 e. The van der Waals surface area contributed by atoms with Crippen molar-refractivity contribution < 1.29 is 17.6 Å². The van der Waals surface area contributed by atoms with Gasteiger partial charge in [-0.1, -0.05) is 19.4 Å². The molecule has 4 rings (SSSR count). The molecule has 0 spiro atoms. The van der Waals surface area contributed by atoms with Crippen LogP contribution >= 0.6 is 0 Å². The van der Waals surface area contributed by atoms with E-state index in [9.17, 15) is 13.2 Å². The van der Waals surface area contributed by atoms with Crippen LogP contribution in [0.25, 0.3) is 0 Å². The van der Waals surface area contributed by atoms with Gasteiger partial charge in [-0.3, -0.25) is 4.90 Å². The Morgan fingerprint density at radius 1 is 1.10 bits per heavy atom. The number of nitrogens with zero attached hydrogens (tertiary/aromatic N) is 6. The number of aromatic nitrogens is 4. The van der Waals surface area contributed by atoms with Crippen molar-refractivity contribution in [3.63, 3.8) is 0 Å². The summed E-state index contributed by atoms with van der Waals surface area (Å²) >= 11 is 0. The van der Waals surface area contributed by atoms with Crippen molar-refractivity contribution in [3.05, 3.63) is 59.8 Å². The summed E-state index contributed by atoms with van der Waals surface area (Å²) in [5, 5.41) is 12.3. The van der Waals surface area contributed by atoms with Gasteiger partial charge in [0.2, 0.25) is 0 Å². The van der Waals surface area contributed by atoms with E-state index in [1.54, 1.807) is 17.0 Å². The average molecular weight is 434 g/mol. The maximum absolute atomic E-state index is 13.1. The fourth-order valence-electron chi connectivity index (χ4n) is 4.03. The van der Waals surface area contributed by atoms with Crippen LogP contribution in [-0.2, 0) is 12.7 Å². The number of benzene rings is 1. The highest BCUT2D eigenvalue weighted by Crippen LogP contribution is 2.32. The number of tetrazole rings is 1. The van der Waals surface area contributed by atoms with E-state index in [4.69, 9.17) is 4.42 Å². The Balaban J connectivity index is 1.46. The van der Waals surface area contributed by atoms with Crippen LogP contribution < -0.4 is 4.90 Å². The molecule has 1 aromatic carbocycles. The second kappa shape index (κ2) is 9.09. The number of furan rings is 1. The molecule has 0 N–H and O–H groups in total. The number of hydrogen-bond donors (Lipinski definition) is 0. The van der Waals surface area contributed by atoms with Gasteiger partial charge in [-0.25, -0.2) is 4.68 Å². The maximum atomic E-state index is 13.1. The molecule has 1 saturated heterocycles. The molecule has 0 saturated carbocycles. The van der Waals surface area contributed by atoms with Crippen molar-refractivity contribution in [2.45, 2.75) is 38.5 Å². The lowest BCUT2D eigenvalue weighted by molar-refractivity contribution is -0.137. The normalized spacial score (nSPS) is 16.6. The zero-order valence-corrected chi connectivity index (χ0v) is 17.3. The Labute approximate surface area is 178 Å². The lowest BCUT2D eigenvalue weighted by Gasteiger charge is -2.39. The largest absolute Gasteiger partial charge is 0.467 e. The number of alkyl halides is 3. The highest BCUT2D eigenvalue weighted by Gasteiger charge is 2.32. The molecule has 10 heteroatoms. The SMILES string of the molecule is CCC[C@H](c1nnnn1Cc1ccco1)N1CCN(c2cccc(C(F)(F)F)c2)CC1. The molecule has 1 aliphatic rings. The fourth-order valence-corrected chi connectivity index (χ4v) is 4.03. The molecule has 2 aromatic heterocycles. The van der Waals surface area contributed by atoms with Gasteiger partial charge in [0.15, 0.2) is 5.82 Å². The molecule has 1 fully saturated rings. The summed E-state index contributed by atoms with van der Waals surface area (Å²) in [6, 6.07) is 9.28. The lowest BCUT2D eigenvalue weighted by atomic mass is 10.1. The third kappa shape index (κ3) is 4.90. The summed E-state index contributed by atoms with van der Waals surface area (Å²) < 4.78 is 46.4.